The summed E-state index contributed by atoms with van der Waals surface area (Å²) in [4.78, 5) is -1.79. The number of halogens is 4. The van der Waals surface area contributed by atoms with Gasteiger partial charge in [0.05, 0.1) is 5.03 Å². The topological polar surface area (TPSA) is 12.0 Å². The predicted octanol–water partition coefficient (Wildman–Crippen LogP) is 2.43. The van der Waals surface area contributed by atoms with Crippen LogP contribution in [0.4, 0.5) is 8.78 Å². The average Bonchev–Trinajstić information content (AvgIpc) is 1.95. The second-order valence-electron chi connectivity index (χ2n) is 2.08. The molecule has 0 spiro atoms. The molecular formula is C6H5Cl2F2N. The van der Waals surface area contributed by atoms with Gasteiger partial charge in [0.2, 0.25) is 0 Å². The lowest BCUT2D eigenvalue weighted by Crippen LogP contribution is -2.42. The minimum Gasteiger partial charge on any atom is -0.364 e. The van der Waals surface area contributed by atoms with E-state index in [9.17, 15) is 8.78 Å². The molecule has 0 aromatic carbocycles. The quantitative estimate of drug-likeness (QED) is 0.506. The Balaban J connectivity index is 2.74. The summed E-state index contributed by atoms with van der Waals surface area (Å²) < 4.78 is 24.2. The molecule has 0 aromatic rings. The van der Waals surface area contributed by atoms with Gasteiger partial charge in [-0.05, 0) is 12.2 Å². The van der Waals surface area contributed by atoms with Crippen LogP contribution in [0.2, 0.25) is 0 Å². The number of allylic oxidation sites excluding steroid dienone is 2. The molecule has 11 heavy (non-hydrogen) atoms. The second-order valence-corrected chi connectivity index (χ2v) is 3.14. The van der Waals surface area contributed by atoms with Crippen molar-refractivity contribution in [1.29, 1.82) is 0 Å². The van der Waals surface area contributed by atoms with Crippen molar-refractivity contribution in [2.24, 2.45) is 0 Å². The fraction of sp³-hybridized carbons (Fsp3) is 0.333. The van der Waals surface area contributed by atoms with Crippen molar-refractivity contribution < 1.29 is 8.78 Å². The number of nitrogens with one attached hydrogen (secondary N) is 1. The summed E-state index contributed by atoms with van der Waals surface area (Å²) in [5.74, 6) is 0. The van der Waals surface area contributed by atoms with Crippen molar-refractivity contribution in [3.8, 4) is 0 Å². The lowest BCUT2D eigenvalue weighted by molar-refractivity contribution is 0.105. The van der Waals surface area contributed by atoms with Gasteiger partial charge in [0.15, 0.2) is 5.00 Å². The maximum Gasteiger partial charge on any atom is 0.278 e. The fourth-order valence-corrected chi connectivity index (χ4v) is 0.847. The minimum absolute atomic E-state index is 0.349. The van der Waals surface area contributed by atoms with E-state index in [2.05, 4.69) is 5.32 Å². The van der Waals surface area contributed by atoms with Gasteiger partial charge in [0, 0.05) is 6.20 Å². The van der Waals surface area contributed by atoms with Crippen molar-refractivity contribution in [2.75, 3.05) is 0 Å². The van der Waals surface area contributed by atoms with Crippen LogP contribution in [0.3, 0.4) is 0 Å². The maximum absolute atomic E-state index is 12.1. The summed E-state index contributed by atoms with van der Waals surface area (Å²) in [5, 5.41) is 2.63. The van der Waals surface area contributed by atoms with E-state index in [1.54, 1.807) is 0 Å². The van der Waals surface area contributed by atoms with Gasteiger partial charge >= 0.3 is 0 Å². The number of dihydropyridines is 1. The number of rotatable bonds is 1. The molecule has 1 aliphatic heterocycles. The van der Waals surface area contributed by atoms with Crippen molar-refractivity contribution in [3.63, 3.8) is 0 Å². The van der Waals surface area contributed by atoms with E-state index in [1.165, 1.54) is 12.3 Å². The monoisotopic (exact) mass is 199 g/mol. The standard InChI is InChI=1S/C6H5Cl2F2N/c7-4-1-2-6(8,5(9)10)11-3-4/h1-3,5,11H. The predicted molar refractivity (Wildman–Crippen MR) is 40.8 cm³/mol. The van der Waals surface area contributed by atoms with Crippen LogP contribution in [-0.4, -0.2) is 11.4 Å². The van der Waals surface area contributed by atoms with Gasteiger partial charge in [-0.25, -0.2) is 8.78 Å². The van der Waals surface area contributed by atoms with Gasteiger partial charge in [-0.15, -0.1) is 0 Å². The molecule has 1 rings (SSSR count). The molecule has 1 nitrogen and oxygen atoms in total. The third-order valence-electron chi connectivity index (χ3n) is 1.23. The highest BCUT2D eigenvalue weighted by Crippen LogP contribution is 2.26. The van der Waals surface area contributed by atoms with Crippen LogP contribution >= 0.6 is 23.2 Å². The Morgan fingerprint density at radius 3 is 2.55 bits per heavy atom. The number of alkyl halides is 3. The molecule has 0 saturated heterocycles. The lowest BCUT2D eigenvalue weighted by Gasteiger charge is -2.25. The molecule has 1 aliphatic rings. The maximum atomic E-state index is 12.1. The van der Waals surface area contributed by atoms with Gasteiger partial charge < -0.3 is 5.32 Å². The second kappa shape index (κ2) is 2.99. The normalized spacial score (nSPS) is 30.1. The average molecular weight is 200 g/mol. The first-order valence-corrected chi connectivity index (χ1v) is 3.60. The molecule has 1 heterocycles. The van der Waals surface area contributed by atoms with E-state index in [4.69, 9.17) is 23.2 Å². The van der Waals surface area contributed by atoms with Crippen molar-refractivity contribution in [2.45, 2.75) is 11.4 Å². The van der Waals surface area contributed by atoms with Gasteiger partial charge in [-0.3, -0.25) is 0 Å². The van der Waals surface area contributed by atoms with E-state index in [0.29, 0.717) is 5.03 Å². The zero-order chi connectivity index (χ0) is 8.48. The molecule has 0 fully saturated rings. The molecule has 1 N–H and O–H groups in total. The van der Waals surface area contributed by atoms with E-state index >= 15 is 0 Å². The molecule has 1 unspecified atom stereocenters. The van der Waals surface area contributed by atoms with Crippen LogP contribution in [0.1, 0.15) is 0 Å². The number of hydrogen-bond donors (Lipinski definition) is 1. The molecule has 0 aliphatic carbocycles. The Hall–Kier alpha value is -0.280. The highest BCUT2D eigenvalue weighted by molar-refractivity contribution is 6.32. The van der Waals surface area contributed by atoms with Crippen molar-refractivity contribution in [3.05, 3.63) is 23.4 Å². The Labute approximate surface area is 72.7 Å². The molecular weight excluding hydrogens is 195 g/mol. The van der Waals surface area contributed by atoms with Crippen LogP contribution < -0.4 is 5.32 Å². The van der Waals surface area contributed by atoms with Gasteiger partial charge in [0.1, 0.15) is 0 Å². The first-order chi connectivity index (χ1) is 5.04. The van der Waals surface area contributed by atoms with E-state index < -0.39 is 11.4 Å². The summed E-state index contributed by atoms with van der Waals surface area (Å²) in [6.07, 6.45) is 1.03. The SMILES string of the molecule is FC(F)C1(Cl)C=CC(Cl)=CN1. The molecule has 0 saturated carbocycles. The fourth-order valence-electron chi connectivity index (χ4n) is 0.612. The van der Waals surface area contributed by atoms with E-state index in [-0.39, 0.29) is 0 Å². The highest BCUT2D eigenvalue weighted by atomic mass is 35.5. The molecule has 0 amide bonds. The number of hydrogen-bond acceptors (Lipinski definition) is 1. The summed E-state index contributed by atoms with van der Waals surface area (Å²) in [7, 11) is 0. The highest BCUT2D eigenvalue weighted by Gasteiger charge is 2.35. The van der Waals surface area contributed by atoms with E-state index in [1.807, 2.05) is 0 Å². The van der Waals surface area contributed by atoms with Crippen molar-refractivity contribution in [1.82, 2.24) is 5.32 Å². The molecule has 0 aromatic heterocycles. The molecule has 0 radical (unpaired) electrons. The van der Waals surface area contributed by atoms with Gasteiger partial charge in [-0.2, -0.15) is 0 Å². The van der Waals surface area contributed by atoms with E-state index in [0.717, 1.165) is 6.08 Å². The van der Waals surface area contributed by atoms with Crippen LogP contribution in [0.15, 0.2) is 23.4 Å². The summed E-state index contributed by atoms with van der Waals surface area (Å²) >= 11 is 10.9. The van der Waals surface area contributed by atoms with Gasteiger partial charge in [0.25, 0.3) is 6.43 Å². The Morgan fingerprint density at radius 2 is 2.18 bits per heavy atom. The summed E-state index contributed by atoms with van der Waals surface area (Å²) in [6, 6.07) is 0. The zero-order valence-electron chi connectivity index (χ0n) is 5.32. The van der Waals surface area contributed by atoms with Crippen LogP contribution in [0.25, 0.3) is 0 Å². The van der Waals surface area contributed by atoms with Crippen molar-refractivity contribution >= 4 is 23.2 Å². The molecule has 0 bridgehead atoms. The summed E-state index contributed by atoms with van der Waals surface area (Å²) in [6.45, 7) is 0. The largest absolute Gasteiger partial charge is 0.364 e. The molecule has 1 atom stereocenters. The van der Waals surface area contributed by atoms with Crippen LogP contribution in [-0.2, 0) is 0 Å². The first kappa shape index (κ1) is 8.81. The lowest BCUT2D eigenvalue weighted by atomic mass is 10.2. The van der Waals surface area contributed by atoms with Gasteiger partial charge in [-0.1, -0.05) is 23.2 Å². The summed E-state index contributed by atoms with van der Waals surface area (Å²) in [5.41, 5.74) is 0. The first-order valence-electron chi connectivity index (χ1n) is 2.84. The smallest absolute Gasteiger partial charge is 0.278 e. The Morgan fingerprint density at radius 1 is 1.55 bits per heavy atom. The Kier molecular flexibility index (Phi) is 2.40. The molecule has 5 heteroatoms. The Bertz CT molecular complexity index is 215. The zero-order valence-corrected chi connectivity index (χ0v) is 6.83. The van der Waals surface area contributed by atoms with Crippen LogP contribution in [0.5, 0.6) is 0 Å². The molecule has 62 valence electrons. The van der Waals surface area contributed by atoms with Crippen LogP contribution in [0, 0.1) is 0 Å². The third kappa shape index (κ3) is 1.84. The third-order valence-corrected chi connectivity index (χ3v) is 1.87. The minimum atomic E-state index is -2.67.